The topological polar surface area (TPSA) is 18.5 Å². The molecule has 0 aliphatic carbocycles. The molecule has 4 aromatic carbocycles. The molecular formula is C28H27BO2. The molecule has 1 saturated heterocycles. The molecular weight excluding hydrogens is 379 g/mol. The van der Waals surface area contributed by atoms with Crippen molar-refractivity contribution >= 4 is 23.4 Å². The Kier molecular flexibility index (Phi) is 4.77. The second-order valence-electron chi connectivity index (χ2n) is 9.28. The molecule has 0 unspecified atom stereocenters. The molecule has 0 bridgehead atoms. The molecule has 1 aliphatic heterocycles. The van der Waals surface area contributed by atoms with Crippen molar-refractivity contribution < 1.29 is 9.31 Å². The van der Waals surface area contributed by atoms with Crippen LogP contribution in [0.3, 0.4) is 0 Å². The van der Waals surface area contributed by atoms with Crippen LogP contribution in [0.5, 0.6) is 0 Å². The molecule has 0 spiro atoms. The average molecular weight is 406 g/mol. The summed E-state index contributed by atoms with van der Waals surface area (Å²) in [7, 11) is -0.421. The van der Waals surface area contributed by atoms with Crippen LogP contribution in [0, 0.1) is 0 Å². The summed E-state index contributed by atoms with van der Waals surface area (Å²) < 4.78 is 12.9. The highest BCUT2D eigenvalue weighted by Gasteiger charge is 2.52. The standard InChI is InChI=1S/C28H27BO2/c1-27(2)28(3,4)31-29(30-27)26-19-22(17-18-25(26)21-11-6-5-7-12-21)24-16-10-14-20-13-8-9-15-23(20)24/h5-19H,1-4H3. The second kappa shape index (κ2) is 7.37. The Labute approximate surface area is 185 Å². The molecule has 0 N–H and O–H groups in total. The van der Waals surface area contributed by atoms with Gasteiger partial charge in [0, 0.05) is 0 Å². The van der Waals surface area contributed by atoms with Crippen molar-refractivity contribution in [3.8, 4) is 22.3 Å². The van der Waals surface area contributed by atoms with Gasteiger partial charge in [-0.05, 0) is 66.2 Å². The van der Waals surface area contributed by atoms with E-state index in [1.54, 1.807) is 0 Å². The molecule has 154 valence electrons. The Morgan fingerprint density at radius 2 is 1.23 bits per heavy atom. The Hall–Kier alpha value is -2.88. The molecule has 1 heterocycles. The summed E-state index contributed by atoms with van der Waals surface area (Å²) in [5, 5.41) is 2.49. The summed E-state index contributed by atoms with van der Waals surface area (Å²) >= 11 is 0. The number of hydrogen-bond donors (Lipinski definition) is 0. The van der Waals surface area contributed by atoms with E-state index in [0.29, 0.717) is 0 Å². The fourth-order valence-corrected chi connectivity index (χ4v) is 4.25. The summed E-state index contributed by atoms with van der Waals surface area (Å²) in [6.45, 7) is 8.40. The van der Waals surface area contributed by atoms with Crippen molar-refractivity contribution in [1.29, 1.82) is 0 Å². The minimum Gasteiger partial charge on any atom is -0.399 e. The van der Waals surface area contributed by atoms with Gasteiger partial charge in [-0.25, -0.2) is 0 Å². The van der Waals surface area contributed by atoms with E-state index in [1.807, 2.05) is 6.07 Å². The van der Waals surface area contributed by atoms with Gasteiger partial charge in [0.25, 0.3) is 0 Å². The first-order chi connectivity index (χ1) is 14.9. The molecule has 0 atom stereocenters. The van der Waals surface area contributed by atoms with Crippen LogP contribution in [0.15, 0.2) is 91.0 Å². The minimum atomic E-state index is -0.421. The first-order valence-corrected chi connectivity index (χ1v) is 10.9. The molecule has 4 aromatic rings. The predicted octanol–water partition coefficient (Wildman–Crippen LogP) is 6.47. The maximum absolute atomic E-state index is 6.47. The van der Waals surface area contributed by atoms with Gasteiger partial charge in [-0.2, -0.15) is 0 Å². The lowest BCUT2D eigenvalue weighted by atomic mass is 9.73. The Balaban J connectivity index is 1.69. The summed E-state index contributed by atoms with van der Waals surface area (Å²) in [6.07, 6.45) is 0. The fraction of sp³-hybridized carbons (Fsp3) is 0.214. The molecule has 0 amide bonds. The van der Waals surface area contributed by atoms with Gasteiger partial charge < -0.3 is 9.31 Å². The average Bonchev–Trinajstić information content (AvgIpc) is 3.00. The smallest absolute Gasteiger partial charge is 0.399 e. The van der Waals surface area contributed by atoms with Gasteiger partial charge in [-0.1, -0.05) is 91.0 Å². The van der Waals surface area contributed by atoms with E-state index in [2.05, 4.69) is 113 Å². The van der Waals surface area contributed by atoms with E-state index < -0.39 is 7.12 Å². The van der Waals surface area contributed by atoms with Crippen molar-refractivity contribution in [3.63, 3.8) is 0 Å². The maximum atomic E-state index is 6.47. The third-order valence-electron chi connectivity index (χ3n) is 6.74. The molecule has 5 rings (SSSR count). The predicted molar refractivity (Wildman–Crippen MR) is 131 cm³/mol. The fourth-order valence-electron chi connectivity index (χ4n) is 4.25. The van der Waals surface area contributed by atoms with Crippen LogP contribution in [0.2, 0.25) is 0 Å². The first-order valence-electron chi connectivity index (χ1n) is 10.9. The molecule has 31 heavy (non-hydrogen) atoms. The number of rotatable bonds is 3. The van der Waals surface area contributed by atoms with Crippen LogP contribution in [0.4, 0.5) is 0 Å². The monoisotopic (exact) mass is 406 g/mol. The Bertz CT molecular complexity index is 1220. The van der Waals surface area contributed by atoms with E-state index >= 15 is 0 Å². The lowest BCUT2D eigenvalue weighted by Gasteiger charge is -2.32. The van der Waals surface area contributed by atoms with Crippen LogP contribution in [0.1, 0.15) is 27.7 Å². The largest absolute Gasteiger partial charge is 0.495 e. The maximum Gasteiger partial charge on any atom is 0.495 e. The van der Waals surface area contributed by atoms with Crippen LogP contribution < -0.4 is 5.46 Å². The summed E-state index contributed by atoms with van der Waals surface area (Å²) in [5.41, 5.74) is 4.98. The zero-order chi connectivity index (χ0) is 21.6. The lowest BCUT2D eigenvalue weighted by molar-refractivity contribution is 0.00578. The van der Waals surface area contributed by atoms with E-state index in [1.165, 1.54) is 21.9 Å². The van der Waals surface area contributed by atoms with Crippen molar-refractivity contribution in [1.82, 2.24) is 0 Å². The quantitative estimate of drug-likeness (QED) is 0.363. The third-order valence-corrected chi connectivity index (χ3v) is 6.74. The molecule has 2 nitrogen and oxygen atoms in total. The molecule has 0 aromatic heterocycles. The SMILES string of the molecule is CC1(C)OB(c2cc(-c3cccc4ccccc34)ccc2-c2ccccc2)OC1(C)C. The highest BCUT2D eigenvalue weighted by Crippen LogP contribution is 2.38. The number of benzene rings is 4. The normalized spacial score (nSPS) is 17.2. The van der Waals surface area contributed by atoms with Gasteiger partial charge in [0.2, 0.25) is 0 Å². The number of hydrogen-bond acceptors (Lipinski definition) is 2. The van der Waals surface area contributed by atoms with Gasteiger partial charge in [0.15, 0.2) is 0 Å². The first kappa shape index (κ1) is 20.1. The Morgan fingerprint density at radius 1 is 0.581 bits per heavy atom. The van der Waals surface area contributed by atoms with Crippen LogP contribution >= 0.6 is 0 Å². The van der Waals surface area contributed by atoms with Crippen molar-refractivity contribution in [2.24, 2.45) is 0 Å². The highest BCUT2D eigenvalue weighted by molar-refractivity contribution is 6.64. The summed E-state index contributed by atoms with van der Waals surface area (Å²) in [5.74, 6) is 0. The van der Waals surface area contributed by atoms with Gasteiger partial charge in [-0.15, -0.1) is 0 Å². The van der Waals surface area contributed by atoms with Gasteiger partial charge >= 0.3 is 7.12 Å². The lowest BCUT2D eigenvalue weighted by Crippen LogP contribution is -2.41. The van der Waals surface area contributed by atoms with Crippen LogP contribution in [-0.4, -0.2) is 18.3 Å². The second-order valence-corrected chi connectivity index (χ2v) is 9.28. The van der Waals surface area contributed by atoms with E-state index in [9.17, 15) is 0 Å². The highest BCUT2D eigenvalue weighted by atomic mass is 16.7. The van der Waals surface area contributed by atoms with E-state index in [4.69, 9.17) is 9.31 Å². The molecule has 3 heteroatoms. The Morgan fingerprint density at radius 3 is 1.97 bits per heavy atom. The molecule has 0 saturated carbocycles. The van der Waals surface area contributed by atoms with E-state index in [-0.39, 0.29) is 11.2 Å². The van der Waals surface area contributed by atoms with Gasteiger partial charge in [-0.3, -0.25) is 0 Å². The third kappa shape index (κ3) is 3.48. The molecule has 1 fully saturated rings. The van der Waals surface area contributed by atoms with E-state index in [0.717, 1.165) is 16.6 Å². The zero-order valence-corrected chi connectivity index (χ0v) is 18.6. The van der Waals surface area contributed by atoms with Gasteiger partial charge in [0.1, 0.15) is 0 Å². The van der Waals surface area contributed by atoms with Crippen molar-refractivity contribution in [2.45, 2.75) is 38.9 Å². The molecule has 0 radical (unpaired) electrons. The summed E-state index contributed by atoms with van der Waals surface area (Å²) in [4.78, 5) is 0. The summed E-state index contributed by atoms with van der Waals surface area (Å²) in [6, 6.07) is 32.1. The van der Waals surface area contributed by atoms with Gasteiger partial charge in [0.05, 0.1) is 11.2 Å². The van der Waals surface area contributed by atoms with Crippen LogP contribution in [-0.2, 0) is 9.31 Å². The number of fused-ring (bicyclic) bond motifs is 1. The molecule has 1 aliphatic rings. The zero-order valence-electron chi connectivity index (χ0n) is 18.6. The van der Waals surface area contributed by atoms with Crippen LogP contribution in [0.25, 0.3) is 33.0 Å². The van der Waals surface area contributed by atoms with Crippen molar-refractivity contribution in [3.05, 3.63) is 91.0 Å². The van der Waals surface area contributed by atoms with Crippen molar-refractivity contribution in [2.75, 3.05) is 0 Å². The minimum absolute atomic E-state index is 0.388.